The predicted octanol–water partition coefficient (Wildman–Crippen LogP) is 2.85. The minimum Gasteiger partial charge on any atom is -0.306 e. The van der Waals surface area contributed by atoms with Gasteiger partial charge in [0.05, 0.1) is 5.75 Å². The van der Waals surface area contributed by atoms with Crippen molar-refractivity contribution in [3.8, 4) is 0 Å². The Morgan fingerprint density at radius 1 is 1.38 bits per heavy atom. The Morgan fingerprint density at radius 2 is 2.05 bits per heavy atom. The largest absolute Gasteiger partial charge is 0.306 e. The van der Waals surface area contributed by atoms with Gasteiger partial charge in [-0.25, -0.2) is 12.7 Å². The molecular formula is C15H26N2O2S2. The second kappa shape index (κ2) is 7.22. The van der Waals surface area contributed by atoms with Crippen LogP contribution in [0.3, 0.4) is 0 Å². The molecule has 2 heterocycles. The van der Waals surface area contributed by atoms with E-state index < -0.39 is 10.0 Å². The molecule has 0 aliphatic carbocycles. The van der Waals surface area contributed by atoms with E-state index in [1.807, 2.05) is 0 Å². The Labute approximate surface area is 132 Å². The van der Waals surface area contributed by atoms with Gasteiger partial charge in [0, 0.05) is 30.1 Å². The molecular weight excluding hydrogens is 304 g/mol. The van der Waals surface area contributed by atoms with Gasteiger partial charge in [0.1, 0.15) is 0 Å². The summed E-state index contributed by atoms with van der Waals surface area (Å²) in [5.41, 5.74) is 0. The lowest BCUT2D eigenvalue weighted by Crippen LogP contribution is -2.46. The number of thiophene rings is 1. The SMILES string of the molecule is CCS(=O)(=O)N1CCC(NC(c2cccs2)C(C)C)CC1. The molecule has 4 nitrogen and oxygen atoms in total. The molecule has 0 aromatic carbocycles. The highest BCUT2D eigenvalue weighted by atomic mass is 32.2. The molecule has 0 spiro atoms. The van der Waals surface area contributed by atoms with Crippen molar-refractivity contribution in [2.75, 3.05) is 18.8 Å². The van der Waals surface area contributed by atoms with Gasteiger partial charge in [0.25, 0.3) is 0 Å². The maximum atomic E-state index is 11.9. The highest BCUT2D eigenvalue weighted by molar-refractivity contribution is 7.89. The highest BCUT2D eigenvalue weighted by Crippen LogP contribution is 2.28. The molecule has 6 heteroatoms. The molecule has 21 heavy (non-hydrogen) atoms. The molecule has 0 saturated carbocycles. The average molecular weight is 331 g/mol. The second-order valence-electron chi connectivity index (χ2n) is 5.98. The van der Waals surface area contributed by atoms with Crippen LogP contribution in [0.15, 0.2) is 17.5 Å². The van der Waals surface area contributed by atoms with Crippen LogP contribution in [0.5, 0.6) is 0 Å². The molecule has 2 rings (SSSR count). The van der Waals surface area contributed by atoms with Gasteiger partial charge in [0.15, 0.2) is 0 Å². The molecule has 1 atom stereocenters. The Bertz CT molecular complexity index is 518. The summed E-state index contributed by atoms with van der Waals surface area (Å²) >= 11 is 1.79. The van der Waals surface area contributed by atoms with Crippen LogP contribution in [0, 0.1) is 5.92 Å². The van der Waals surface area contributed by atoms with E-state index in [1.165, 1.54) is 4.88 Å². The minimum absolute atomic E-state index is 0.203. The van der Waals surface area contributed by atoms with Crippen LogP contribution >= 0.6 is 11.3 Å². The van der Waals surface area contributed by atoms with Crippen molar-refractivity contribution in [1.29, 1.82) is 0 Å². The summed E-state index contributed by atoms with van der Waals surface area (Å²) in [4.78, 5) is 1.37. The van der Waals surface area contributed by atoms with Gasteiger partial charge in [-0.05, 0) is 37.1 Å². The Balaban J connectivity index is 1.93. The summed E-state index contributed by atoms with van der Waals surface area (Å²) in [6.07, 6.45) is 1.79. The molecule has 1 unspecified atom stereocenters. The normalized spacial score (nSPS) is 20.0. The van der Waals surface area contributed by atoms with Gasteiger partial charge < -0.3 is 5.32 Å². The third kappa shape index (κ3) is 4.28. The van der Waals surface area contributed by atoms with Crippen molar-refractivity contribution in [1.82, 2.24) is 9.62 Å². The van der Waals surface area contributed by atoms with Crippen LogP contribution in [0.4, 0.5) is 0 Å². The lowest BCUT2D eigenvalue weighted by molar-refractivity contribution is 0.257. The zero-order valence-corrected chi connectivity index (χ0v) is 14.7. The molecule has 1 aliphatic heterocycles. The van der Waals surface area contributed by atoms with Gasteiger partial charge >= 0.3 is 0 Å². The quantitative estimate of drug-likeness (QED) is 0.872. The Kier molecular flexibility index (Phi) is 5.82. The van der Waals surface area contributed by atoms with Crippen LogP contribution in [0.1, 0.15) is 44.5 Å². The zero-order valence-electron chi connectivity index (χ0n) is 13.1. The molecule has 1 fully saturated rings. The smallest absolute Gasteiger partial charge is 0.213 e. The number of nitrogens with one attached hydrogen (secondary N) is 1. The van der Waals surface area contributed by atoms with Gasteiger partial charge in [-0.3, -0.25) is 0 Å². The molecule has 1 aliphatic rings. The van der Waals surface area contributed by atoms with Crippen molar-refractivity contribution in [3.63, 3.8) is 0 Å². The Morgan fingerprint density at radius 3 is 2.52 bits per heavy atom. The van der Waals surface area contributed by atoms with Crippen LogP contribution < -0.4 is 5.32 Å². The lowest BCUT2D eigenvalue weighted by Gasteiger charge is -2.34. The van der Waals surface area contributed by atoms with E-state index in [9.17, 15) is 8.42 Å². The predicted molar refractivity (Wildman–Crippen MR) is 89.1 cm³/mol. The molecule has 1 aromatic heterocycles. The second-order valence-corrected chi connectivity index (χ2v) is 9.21. The fraction of sp³-hybridized carbons (Fsp3) is 0.733. The first-order valence-corrected chi connectivity index (χ1v) is 10.2. The summed E-state index contributed by atoms with van der Waals surface area (Å²) < 4.78 is 25.4. The standard InChI is InChI=1S/C15H26N2O2S2/c1-4-21(18,19)17-9-7-13(8-10-17)16-15(12(2)3)14-6-5-11-20-14/h5-6,11-13,15-16H,4,7-10H2,1-3H3. The molecule has 0 bridgehead atoms. The number of nitrogens with zero attached hydrogens (tertiary/aromatic N) is 1. The summed E-state index contributed by atoms with van der Waals surface area (Å²) in [6.45, 7) is 7.46. The van der Waals surface area contributed by atoms with E-state index in [1.54, 1.807) is 22.6 Å². The number of hydrogen-bond donors (Lipinski definition) is 1. The third-order valence-electron chi connectivity index (χ3n) is 4.14. The van der Waals surface area contributed by atoms with Crippen molar-refractivity contribution >= 4 is 21.4 Å². The van der Waals surface area contributed by atoms with Gasteiger partial charge in [0.2, 0.25) is 10.0 Å². The van der Waals surface area contributed by atoms with Crippen molar-refractivity contribution < 1.29 is 8.42 Å². The van der Waals surface area contributed by atoms with Crippen molar-refractivity contribution in [2.24, 2.45) is 5.92 Å². The zero-order chi connectivity index (χ0) is 15.5. The van der Waals surface area contributed by atoms with E-state index in [-0.39, 0.29) is 5.75 Å². The van der Waals surface area contributed by atoms with E-state index in [2.05, 4.69) is 36.7 Å². The van der Waals surface area contributed by atoms with Gasteiger partial charge in [-0.1, -0.05) is 19.9 Å². The number of sulfonamides is 1. The van der Waals surface area contributed by atoms with Crippen LogP contribution in [-0.2, 0) is 10.0 Å². The minimum atomic E-state index is -3.03. The lowest BCUT2D eigenvalue weighted by atomic mass is 9.98. The van der Waals surface area contributed by atoms with E-state index >= 15 is 0 Å². The summed E-state index contributed by atoms with van der Waals surface area (Å²) in [5.74, 6) is 0.732. The van der Waals surface area contributed by atoms with Gasteiger partial charge in [-0.2, -0.15) is 0 Å². The number of hydrogen-bond acceptors (Lipinski definition) is 4. The maximum Gasteiger partial charge on any atom is 0.213 e. The van der Waals surface area contributed by atoms with E-state index in [4.69, 9.17) is 0 Å². The molecule has 1 aromatic rings. The maximum absolute atomic E-state index is 11.9. The summed E-state index contributed by atoms with van der Waals surface area (Å²) in [5, 5.41) is 5.85. The van der Waals surface area contributed by atoms with E-state index in [0.29, 0.717) is 31.1 Å². The highest BCUT2D eigenvalue weighted by Gasteiger charge is 2.28. The first-order valence-electron chi connectivity index (χ1n) is 7.71. The first-order chi connectivity index (χ1) is 9.94. The van der Waals surface area contributed by atoms with Crippen LogP contribution in [0.25, 0.3) is 0 Å². The Hall–Kier alpha value is -0.430. The molecule has 0 radical (unpaired) electrons. The first kappa shape index (κ1) is 16.9. The van der Waals surface area contributed by atoms with Crippen LogP contribution in [-0.4, -0.2) is 37.6 Å². The third-order valence-corrected chi connectivity index (χ3v) is 6.98. The van der Waals surface area contributed by atoms with Crippen LogP contribution in [0.2, 0.25) is 0 Å². The molecule has 120 valence electrons. The fourth-order valence-corrected chi connectivity index (χ4v) is 4.90. The number of piperidine rings is 1. The molecule has 1 N–H and O–H groups in total. The molecule has 0 amide bonds. The molecule has 1 saturated heterocycles. The van der Waals surface area contributed by atoms with Crippen molar-refractivity contribution in [2.45, 2.75) is 45.7 Å². The van der Waals surface area contributed by atoms with E-state index in [0.717, 1.165) is 12.8 Å². The summed E-state index contributed by atoms with van der Waals surface area (Å²) in [6, 6.07) is 5.04. The summed E-state index contributed by atoms with van der Waals surface area (Å²) in [7, 11) is -3.03. The fourth-order valence-electron chi connectivity index (χ4n) is 2.81. The monoisotopic (exact) mass is 330 g/mol. The number of rotatable bonds is 6. The van der Waals surface area contributed by atoms with Gasteiger partial charge in [-0.15, -0.1) is 11.3 Å². The van der Waals surface area contributed by atoms with Crippen molar-refractivity contribution in [3.05, 3.63) is 22.4 Å². The average Bonchev–Trinajstić information content (AvgIpc) is 2.98. The topological polar surface area (TPSA) is 49.4 Å².